The Labute approximate surface area is 329 Å². The molecule has 9 heteroatoms. The molecule has 0 radical (unpaired) electrons. The Balaban J connectivity index is 0.000000364. The zero-order chi connectivity index (χ0) is 41.6. The van der Waals surface area contributed by atoms with Gasteiger partial charge in [-0.1, -0.05) is 87.1 Å². The Morgan fingerprint density at radius 3 is 1.45 bits per heavy atom. The fourth-order valence-corrected chi connectivity index (χ4v) is 8.06. The number of phenols is 4. The topological polar surface area (TPSA) is 173 Å². The number of aryl methyl sites for hydroxylation is 2. The van der Waals surface area contributed by atoms with Crippen LogP contribution in [0.4, 0.5) is 0 Å². The second kappa shape index (κ2) is 22.2. The van der Waals surface area contributed by atoms with E-state index in [4.69, 9.17) is 0 Å². The number of benzene rings is 2. The number of rotatable bonds is 14. The summed E-state index contributed by atoms with van der Waals surface area (Å²) in [7, 11) is 3.06. The average molecular weight is 761 g/mol. The summed E-state index contributed by atoms with van der Waals surface area (Å²) in [6, 6.07) is 3.20. The molecule has 4 atom stereocenters. The number of carboxylic acid groups (broad SMARTS) is 1. The van der Waals surface area contributed by atoms with E-state index in [2.05, 4.69) is 51.1 Å². The van der Waals surface area contributed by atoms with E-state index in [0.717, 1.165) is 75.4 Å². The zero-order valence-corrected chi connectivity index (χ0v) is 34.6. The smallest absolute Gasteiger partial charge is 0.339 e. The maximum Gasteiger partial charge on any atom is 0.339 e. The van der Waals surface area contributed by atoms with Crippen molar-refractivity contribution in [2.75, 3.05) is 14.1 Å². The van der Waals surface area contributed by atoms with Gasteiger partial charge in [0.2, 0.25) is 0 Å². The van der Waals surface area contributed by atoms with Crippen molar-refractivity contribution in [3.05, 3.63) is 93.1 Å². The molecule has 0 aliphatic heterocycles. The predicted molar refractivity (Wildman–Crippen MR) is 225 cm³/mol. The number of carbonyl (C=O) groups excluding carboxylic acids is 1. The molecular weight excluding hydrogens is 693 g/mol. The van der Waals surface area contributed by atoms with Crippen LogP contribution in [0, 0.1) is 11.8 Å². The maximum absolute atomic E-state index is 12.5. The van der Waals surface area contributed by atoms with Crippen LogP contribution in [0.2, 0.25) is 0 Å². The summed E-state index contributed by atoms with van der Waals surface area (Å²) in [6.45, 7) is 20.4. The first-order chi connectivity index (χ1) is 26.1. The lowest BCUT2D eigenvalue weighted by molar-refractivity contribution is 0.0691. The molecule has 2 aromatic carbocycles. The number of amides is 1. The molecule has 0 saturated carbocycles. The van der Waals surface area contributed by atoms with E-state index in [1.54, 1.807) is 13.1 Å². The molecule has 1 amide bonds. The van der Waals surface area contributed by atoms with Gasteiger partial charge in [0.1, 0.15) is 28.6 Å². The van der Waals surface area contributed by atoms with Crippen LogP contribution in [-0.2, 0) is 12.8 Å². The maximum atomic E-state index is 12.5. The molecule has 55 heavy (non-hydrogen) atoms. The lowest BCUT2D eigenvalue weighted by atomic mass is 9.73. The molecule has 0 bridgehead atoms. The van der Waals surface area contributed by atoms with Gasteiger partial charge in [-0.05, 0) is 121 Å². The zero-order valence-electron chi connectivity index (χ0n) is 34.6. The Morgan fingerprint density at radius 2 is 1.11 bits per heavy atom. The third-order valence-electron chi connectivity index (χ3n) is 11.0. The Bertz CT molecular complexity index is 1740. The van der Waals surface area contributed by atoms with Gasteiger partial charge in [-0.15, -0.1) is 0 Å². The number of aromatic carboxylic acids is 1. The van der Waals surface area contributed by atoms with Gasteiger partial charge in [-0.25, -0.2) is 4.79 Å². The fraction of sp³-hybridized carbons (Fsp3) is 0.522. The summed E-state index contributed by atoms with van der Waals surface area (Å²) in [5.41, 5.74) is 11.1. The summed E-state index contributed by atoms with van der Waals surface area (Å²) in [6.07, 6.45) is 14.9. The van der Waals surface area contributed by atoms with Gasteiger partial charge in [0, 0.05) is 30.0 Å². The van der Waals surface area contributed by atoms with Gasteiger partial charge in [0.15, 0.2) is 0 Å². The number of hydrogen-bond donors (Lipinski definition) is 7. The molecule has 0 fully saturated rings. The highest BCUT2D eigenvalue weighted by Gasteiger charge is 2.34. The number of hydrogen-bond acceptors (Lipinski definition) is 7. The van der Waals surface area contributed by atoms with Crippen molar-refractivity contribution in [2.24, 2.45) is 17.6 Å². The van der Waals surface area contributed by atoms with Gasteiger partial charge in [0.05, 0.1) is 5.56 Å². The lowest BCUT2D eigenvalue weighted by Gasteiger charge is -2.32. The van der Waals surface area contributed by atoms with E-state index in [-0.39, 0.29) is 58.1 Å². The van der Waals surface area contributed by atoms with Crippen LogP contribution in [0.25, 0.3) is 0 Å². The second-order valence-electron chi connectivity index (χ2n) is 15.2. The molecule has 4 rings (SSSR count). The van der Waals surface area contributed by atoms with E-state index in [0.29, 0.717) is 40.7 Å². The standard InChI is InChI=1S/C23H33NO3.C22H30O4.CH5N/c1-6-7-8-9-16-13-19(25)21(22(26)20(16)23(27)24-5)18-12-15(4)10-11-17(18)14(2)3;1-5-6-7-8-15-12-18(23)20(21(24)19(15)22(25)26)17-11-14(4)9-10-16(17)13(2)3;1-2/h12-13,17-18,25-26H,2,6-11H2,1,3-5H3,(H,24,27);11-12,16-17,23-24H,2,5-10H2,1,3-4H3,(H,25,26);2H2,1H3/t17-,18+;16-,17+;/m00./s1. The van der Waals surface area contributed by atoms with E-state index in [9.17, 15) is 35.1 Å². The molecule has 0 heterocycles. The first-order valence-electron chi connectivity index (χ1n) is 19.9. The molecule has 0 aromatic heterocycles. The highest BCUT2D eigenvalue weighted by atomic mass is 16.4. The number of unbranched alkanes of at least 4 members (excludes halogenated alkanes) is 4. The SMILES string of the molecule is C=C(C)[C@@H]1CCC(C)=C[C@H]1c1c(O)cc(CCCCC)c(C(=O)NC)c1O.C=C(C)[C@@H]1CCC(C)=C[C@H]1c1c(O)cc(CCCCC)c(C(=O)O)c1O.CN. The Morgan fingerprint density at radius 1 is 0.727 bits per heavy atom. The fourth-order valence-electron chi connectivity index (χ4n) is 8.06. The Hall–Kier alpha value is -4.50. The normalized spacial score (nSPS) is 19.1. The molecule has 2 aromatic rings. The van der Waals surface area contributed by atoms with Gasteiger partial charge in [-0.3, -0.25) is 4.79 Å². The van der Waals surface area contributed by atoms with Crippen LogP contribution in [-0.4, -0.2) is 51.5 Å². The number of phenolic OH excluding ortho intramolecular Hbond substituents is 3. The summed E-state index contributed by atoms with van der Waals surface area (Å²) in [5, 5.41) is 55.6. The van der Waals surface area contributed by atoms with E-state index >= 15 is 0 Å². The van der Waals surface area contributed by atoms with Crippen LogP contribution in [0.1, 0.15) is 161 Å². The third kappa shape index (κ3) is 11.7. The van der Waals surface area contributed by atoms with Crippen LogP contribution >= 0.6 is 0 Å². The van der Waals surface area contributed by atoms with Gasteiger partial charge in [0.25, 0.3) is 5.91 Å². The Kier molecular flexibility index (Phi) is 18.8. The monoisotopic (exact) mass is 761 g/mol. The largest absolute Gasteiger partial charge is 0.507 e. The molecule has 0 spiro atoms. The van der Waals surface area contributed by atoms with Crippen molar-refractivity contribution in [2.45, 2.75) is 130 Å². The molecule has 2 aliphatic carbocycles. The van der Waals surface area contributed by atoms with Crippen molar-refractivity contribution in [1.82, 2.24) is 5.32 Å². The molecule has 0 unspecified atom stereocenters. The van der Waals surface area contributed by atoms with E-state index < -0.39 is 5.97 Å². The van der Waals surface area contributed by atoms with Crippen molar-refractivity contribution in [1.29, 1.82) is 0 Å². The first kappa shape index (κ1) is 46.7. The number of aromatic hydroxyl groups is 4. The number of nitrogens with one attached hydrogen (secondary N) is 1. The molecule has 2 aliphatic rings. The van der Waals surface area contributed by atoms with Gasteiger partial charge >= 0.3 is 5.97 Å². The van der Waals surface area contributed by atoms with E-state index in [1.165, 1.54) is 24.3 Å². The lowest BCUT2D eigenvalue weighted by Crippen LogP contribution is -2.22. The molecule has 8 N–H and O–H groups in total. The summed E-state index contributed by atoms with van der Waals surface area (Å²) in [4.78, 5) is 24.4. The second-order valence-corrected chi connectivity index (χ2v) is 15.2. The van der Waals surface area contributed by atoms with Crippen LogP contribution in [0.3, 0.4) is 0 Å². The minimum absolute atomic E-state index is 0.0267. The quantitative estimate of drug-likeness (QED) is 0.0736. The van der Waals surface area contributed by atoms with Crippen molar-refractivity contribution in [3.8, 4) is 23.0 Å². The number of nitrogens with two attached hydrogens (primary N) is 1. The summed E-state index contributed by atoms with van der Waals surface area (Å²) >= 11 is 0. The molecule has 304 valence electrons. The number of carbonyl (C=O) groups is 2. The van der Waals surface area contributed by atoms with Crippen molar-refractivity contribution >= 4 is 11.9 Å². The summed E-state index contributed by atoms with van der Waals surface area (Å²) < 4.78 is 0. The number of carboxylic acids is 1. The van der Waals surface area contributed by atoms with Crippen molar-refractivity contribution < 1.29 is 35.1 Å². The highest BCUT2D eigenvalue weighted by molar-refractivity contribution is 5.99. The van der Waals surface area contributed by atoms with Crippen LogP contribution in [0.15, 0.2) is 59.7 Å². The molecule has 0 saturated heterocycles. The van der Waals surface area contributed by atoms with Crippen molar-refractivity contribution in [3.63, 3.8) is 0 Å². The first-order valence-corrected chi connectivity index (χ1v) is 19.9. The third-order valence-corrected chi connectivity index (χ3v) is 11.0. The number of allylic oxidation sites excluding steroid dienone is 6. The van der Waals surface area contributed by atoms with Crippen LogP contribution in [0.5, 0.6) is 23.0 Å². The highest BCUT2D eigenvalue weighted by Crippen LogP contribution is 2.49. The average Bonchev–Trinajstić information content (AvgIpc) is 3.12. The van der Waals surface area contributed by atoms with Gasteiger partial charge < -0.3 is 36.6 Å². The minimum atomic E-state index is -1.15. The predicted octanol–water partition coefficient (Wildman–Crippen LogP) is 10.3. The minimum Gasteiger partial charge on any atom is -0.507 e. The summed E-state index contributed by atoms with van der Waals surface area (Å²) in [5.74, 6) is -2.06. The van der Waals surface area contributed by atoms with Gasteiger partial charge in [-0.2, -0.15) is 0 Å². The van der Waals surface area contributed by atoms with Crippen LogP contribution < -0.4 is 11.1 Å². The molecule has 9 nitrogen and oxygen atoms in total. The molecular formula is C46H68N2O7. The van der Waals surface area contributed by atoms with E-state index in [1.807, 2.05) is 26.8 Å².